The molecule has 2 fully saturated rings. The molecule has 0 atom stereocenters. The Balaban J connectivity index is 1.79. The monoisotopic (exact) mass is 238 g/mol. The standard InChI is InChI=1S/C16H30O/c1-2-3-7-14-10-12-16(17,13-11-14)15-8-5-4-6-9-15/h14-15,17H,2-13H2,1H3/t14-,16+. The largest absolute Gasteiger partial charge is 0.390 e. The summed E-state index contributed by atoms with van der Waals surface area (Å²) in [5.41, 5.74) is -0.275. The van der Waals surface area contributed by atoms with Crippen molar-refractivity contribution in [3.05, 3.63) is 0 Å². The van der Waals surface area contributed by atoms with Gasteiger partial charge in [0.05, 0.1) is 5.60 Å². The fraction of sp³-hybridized carbons (Fsp3) is 1.00. The third-order valence-electron chi connectivity index (χ3n) is 5.30. The highest BCUT2D eigenvalue weighted by Gasteiger charge is 2.39. The highest BCUT2D eigenvalue weighted by molar-refractivity contribution is 4.92. The molecule has 17 heavy (non-hydrogen) atoms. The molecule has 0 spiro atoms. The molecule has 2 aliphatic carbocycles. The van der Waals surface area contributed by atoms with Crippen LogP contribution in [0.3, 0.4) is 0 Å². The summed E-state index contributed by atoms with van der Waals surface area (Å²) in [4.78, 5) is 0. The van der Waals surface area contributed by atoms with Crippen LogP contribution in [0.25, 0.3) is 0 Å². The van der Waals surface area contributed by atoms with Crippen LogP contribution in [0.4, 0.5) is 0 Å². The van der Waals surface area contributed by atoms with E-state index in [1.165, 1.54) is 64.2 Å². The Hall–Kier alpha value is -0.0400. The van der Waals surface area contributed by atoms with Gasteiger partial charge in [0.25, 0.3) is 0 Å². The maximum absolute atomic E-state index is 10.8. The molecule has 0 aromatic heterocycles. The van der Waals surface area contributed by atoms with Crippen LogP contribution in [0.1, 0.15) is 84.0 Å². The zero-order valence-electron chi connectivity index (χ0n) is 11.6. The maximum atomic E-state index is 10.8. The van der Waals surface area contributed by atoms with E-state index in [1.54, 1.807) is 0 Å². The summed E-state index contributed by atoms with van der Waals surface area (Å²) in [6, 6.07) is 0. The molecule has 0 unspecified atom stereocenters. The minimum Gasteiger partial charge on any atom is -0.390 e. The second kappa shape index (κ2) is 6.22. The highest BCUT2D eigenvalue weighted by Crippen LogP contribution is 2.43. The Bertz CT molecular complexity index is 210. The molecular formula is C16H30O. The zero-order chi connectivity index (χ0) is 12.1. The van der Waals surface area contributed by atoms with E-state index in [2.05, 4.69) is 6.92 Å². The molecule has 0 aliphatic heterocycles. The highest BCUT2D eigenvalue weighted by atomic mass is 16.3. The van der Waals surface area contributed by atoms with Crippen molar-refractivity contribution in [2.75, 3.05) is 0 Å². The minimum atomic E-state index is -0.275. The van der Waals surface area contributed by atoms with Crippen LogP contribution in [0.5, 0.6) is 0 Å². The van der Waals surface area contributed by atoms with Gasteiger partial charge in [-0.2, -0.15) is 0 Å². The van der Waals surface area contributed by atoms with Gasteiger partial charge in [0.2, 0.25) is 0 Å². The van der Waals surface area contributed by atoms with Gasteiger partial charge in [-0.3, -0.25) is 0 Å². The Kier molecular flexibility index (Phi) is 4.90. The quantitative estimate of drug-likeness (QED) is 0.754. The van der Waals surface area contributed by atoms with Gasteiger partial charge in [-0.15, -0.1) is 0 Å². The molecule has 2 aliphatic rings. The summed E-state index contributed by atoms with van der Waals surface area (Å²) >= 11 is 0. The van der Waals surface area contributed by atoms with Gasteiger partial charge in [0.1, 0.15) is 0 Å². The predicted octanol–water partition coefficient (Wildman–Crippen LogP) is 4.68. The molecule has 0 amide bonds. The van der Waals surface area contributed by atoms with Gasteiger partial charge in [-0.25, -0.2) is 0 Å². The van der Waals surface area contributed by atoms with E-state index < -0.39 is 0 Å². The fourth-order valence-electron chi connectivity index (χ4n) is 4.01. The molecule has 0 aromatic rings. The van der Waals surface area contributed by atoms with Crippen molar-refractivity contribution in [2.45, 2.75) is 89.6 Å². The van der Waals surface area contributed by atoms with Crippen LogP contribution in [0.15, 0.2) is 0 Å². The summed E-state index contributed by atoms with van der Waals surface area (Å²) in [6.45, 7) is 2.28. The molecule has 1 N–H and O–H groups in total. The summed E-state index contributed by atoms with van der Waals surface area (Å²) in [5.74, 6) is 1.54. The summed E-state index contributed by atoms with van der Waals surface area (Å²) in [6.07, 6.45) is 15.5. The third-order valence-corrected chi connectivity index (χ3v) is 5.30. The average Bonchev–Trinajstić information content (AvgIpc) is 2.39. The zero-order valence-corrected chi connectivity index (χ0v) is 11.6. The second-order valence-corrected chi connectivity index (χ2v) is 6.52. The number of unbranched alkanes of at least 4 members (excludes halogenated alkanes) is 1. The van der Waals surface area contributed by atoms with Gasteiger partial charge >= 0.3 is 0 Å². The lowest BCUT2D eigenvalue weighted by Crippen LogP contribution is -2.42. The Morgan fingerprint density at radius 1 is 1.00 bits per heavy atom. The Morgan fingerprint density at radius 2 is 1.65 bits per heavy atom. The van der Waals surface area contributed by atoms with Gasteiger partial charge in [0.15, 0.2) is 0 Å². The topological polar surface area (TPSA) is 20.2 Å². The first-order valence-electron chi connectivity index (χ1n) is 7.97. The SMILES string of the molecule is CCCC[C@H]1CC[C@](O)(C2CCCCC2)CC1. The Labute approximate surface area is 107 Å². The third kappa shape index (κ3) is 3.47. The van der Waals surface area contributed by atoms with Crippen molar-refractivity contribution in [1.29, 1.82) is 0 Å². The van der Waals surface area contributed by atoms with Gasteiger partial charge in [0, 0.05) is 0 Å². The molecule has 100 valence electrons. The number of hydrogen-bond donors (Lipinski definition) is 1. The molecule has 0 aromatic carbocycles. The Morgan fingerprint density at radius 3 is 2.24 bits per heavy atom. The van der Waals surface area contributed by atoms with Crippen molar-refractivity contribution in [1.82, 2.24) is 0 Å². The van der Waals surface area contributed by atoms with Crippen molar-refractivity contribution in [3.8, 4) is 0 Å². The molecule has 2 saturated carbocycles. The number of aliphatic hydroxyl groups is 1. The minimum absolute atomic E-state index is 0.275. The van der Waals surface area contributed by atoms with Crippen LogP contribution in [-0.4, -0.2) is 10.7 Å². The molecule has 2 rings (SSSR count). The van der Waals surface area contributed by atoms with Crippen molar-refractivity contribution < 1.29 is 5.11 Å². The first kappa shape index (κ1) is 13.4. The van der Waals surface area contributed by atoms with E-state index in [-0.39, 0.29) is 5.60 Å². The molecule has 1 heteroatoms. The summed E-state index contributed by atoms with van der Waals surface area (Å²) in [7, 11) is 0. The van der Waals surface area contributed by atoms with Crippen LogP contribution < -0.4 is 0 Å². The molecule has 0 heterocycles. The second-order valence-electron chi connectivity index (χ2n) is 6.52. The van der Waals surface area contributed by atoms with Crippen molar-refractivity contribution in [3.63, 3.8) is 0 Å². The molecule has 0 bridgehead atoms. The van der Waals surface area contributed by atoms with E-state index >= 15 is 0 Å². The van der Waals surface area contributed by atoms with Crippen molar-refractivity contribution >= 4 is 0 Å². The smallest absolute Gasteiger partial charge is 0.0676 e. The molecule has 1 nitrogen and oxygen atoms in total. The summed E-state index contributed by atoms with van der Waals surface area (Å²) in [5, 5.41) is 10.8. The van der Waals surface area contributed by atoms with Crippen LogP contribution >= 0.6 is 0 Å². The summed E-state index contributed by atoms with van der Waals surface area (Å²) < 4.78 is 0. The lowest BCUT2D eigenvalue weighted by Gasteiger charge is -2.43. The first-order chi connectivity index (χ1) is 8.24. The van der Waals surface area contributed by atoms with Gasteiger partial charge in [-0.1, -0.05) is 45.4 Å². The number of rotatable bonds is 4. The van der Waals surface area contributed by atoms with Gasteiger partial charge in [-0.05, 0) is 50.4 Å². The van der Waals surface area contributed by atoms with Crippen molar-refractivity contribution in [2.24, 2.45) is 11.8 Å². The molecular weight excluding hydrogens is 208 g/mol. The van der Waals surface area contributed by atoms with Crippen LogP contribution in [-0.2, 0) is 0 Å². The molecule has 0 radical (unpaired) electrons. The average molecular weight is 238 g/mol. The normalized spacial score (nSPS) is 36.0. The van der Waals surface area contributed by atoms with E-state index in [0.29, 0.717) is 5.92 Å². The fourth-order valence-corrected chi connectivity index (χ4v) is 4.01. The van der Waals surface area contributed by atoms with E-state index in [9.17, 15) is 5.11 Å². The molecule has 0 saturated heterocycles. The van der Waals surface area contributed by atoms with E-state index in [4.69, 9.17) is 0 Å². The van der Waals surface area contributed by atoms with Crippen LogP contribution in [0.2, 0.25) is 0 Å². The van der Waals surface area contributed by atoms with Gasteiger partial charge < -0.3 is 5.11 Å². The maximum Gasteiger partial charge on any atom is 0.0676 e. The van der Waals surface area contributed by atoms with E-state index in [1.807, 2.05) is 0 Å². The lowest BCUT2D eigenvalue weighted by atomic mass is 9.67. The van der Waals surface area contributed by atoms with E-state index in [0.717, 1.165) is 18.8 Å². The lowest BCUT2D eigenvalue weighted by molar-refractivity contribution is -0.0711. The first-order valence-corrected chi connectivity index (χ1v) is 7.97. The van der Waals surface area contributed by atoms with Crippen LogP contribution in [0, 0.1) is 11.8 Å². The predicted molar refractivity (Wildman–Crippen MR) is 73.0 cm³/mol. The number of hydrogen-bond acceptors (Lipinski definition) is 1.